The second-order valence-corrected chi connectivity index (χ2v) is 8.56. The van der Waals surface area contributed by atoms with Gasteiger partial charge in [-0.1, -0.05) is 59.1 Å². The number of hydrogen-bond donors (Lipinski definition) is 2. The van der Waals surface area contributed by atoms with Gasteiger partial charge in [0.25, 0.3) is 0 Å². The summed E-state index contributed by atoms with van der Waals surface area (Å²) in [6, 6.07) is 17.2. The van der Waals surface area contributed by atoms with Gasteiger partial charge in [0.2, 0.25) is 5.91 Å². The molecule has 2 N–H and O–H groups in total. The lowest BCUT2D eigenvalue weighted by Crippen LogP contribution is -2.28. The average Bonchev–Trinajstić information content (AvgIpc) is 2.76. The van der Waals surface area contributed by atoms with Crippen LogP contribution in [-0.2, 0) is 16.0 Å². The molecule has 0 heterocycles. The molecule has 9 heteroatoms. The van der Waals surface area contributed by atoms with Gasteiger partial charge in [0.05, 0.1) is 20.9 Å². The van der Waals surface area contributed by atoms with Crippen LogP contribution in [0.25, 0.3) is 6.08 Å². The summed E-state index contributed by atoms with van der Waals surface area (Å²) in [5.74, 6) is -0.679. The molecule has 5 nitrogen and oxygen atoms in total. The van der Waals surface area contributed by atoms with Crippen molar-refractivity contribution in [1.82, 2.24) is 5.32 Å². The maximum atomic E-state index is 12.4. The molecule has 3 rings (SSSR count). The minimum Gasteiger partial charge on any atom is -0.477 e. The first-order chi connectivity index (χ1) is 15.2. The Kier molecular flexibility index (Phi) is 8.21. The first-order valence-corrected chi connectivity index (χ1v) is 11.1. The van der Waals surface area contributed by atoms with Crippen LogP contribution in [0.2, 0.25) is 15.1 Å². The van der Waals surface area contributed by atoms with Crippen molar-refractivity contribution in [1.29, 1.82) is 0 Å². The SMILES string of the molecule is O=C(Cc1c(Cl)ccc(Cl)c1Cl)N/C(=C\c1ccc(Oc2ccccc2Br)cc1)C(=O)O. The number of halogens is 4. The van der Waals surface area contributed by atoms with Crippen LogP contribution < -0.4 is 10.1 Å². The van der Waals surface area contributed by atoms with E-state index in [1.54, 1.807) is 24.3 Å². The third-order valence-corrected chi connectivity index (χ3v) is 6.09. The lowest BCUT2D eigenvalue weighted by molar-refractivity contribution is -0.134. The van der Waals surface area contributed by atoms with Crippen molar-refractivity contribution in [3.05, 3.63) is 97.0 Å². The summed E-state index contributed by atoms with van der Waals surface area (Å²) >= 11 is 21.6. The molecule has 3 aromatic carbocycles. The zero-order valence-electron chi connectivity index (χ0n) is 16.2. The fourth-order valence-electron chi connectivity index (χ4n) is 2.69. The molecule has 0 aliphatic heterocycles. The zero-order chi connectivity index (χ0) is 23.3. The van der Waals surface area contributed by atoms with Gasteiger partial charge in [0.15, 0.2) is 0 Å². The summed E-state index contributed by atoms with van der Waals surface area (Å²) in [4.78, 5) is 24.1. The summed E-state index contributed by atoms with van der Waals surface area (Å²) in [5, 5.41) is 12.5. The molecule has 0 saturated carbocycles. The molecule has 0 bridgehead atoms. The predicted molar refractivity (Wildman–Crippen MR) is 130 cm³/mol. The number of amides is 1. The van der Waals surface area contributed by atoms with E-state index in [9.17, 15) is 14.7 Å². The Hall–Kier alpha value is -2.51. The van der Waals surface area contributed by atoms with E-state index in [4.69, 9.17) is 39.5 Å². The van der Waals surface area contributed by atoms with Crippen molar-refractivity contribution >= 4 is 68.7 Å². The largest absolute Gasteiger partial charge is 0.477 e. The number of hydrogen-bond acceptors (Lipinski definition) is 3. The van der Waals surface area contributed by atoms with Crippen LogP contribution in [0.5, 0.6) is 11.5 Å². The van der Waals surface area contributed by atoms with Crippen LogP contribution in [0.15, 0.2) is 70.8 Å². The third kappa shape index (κ3) is 6.26. The molecule has 0 fully saturated rings. The molecule has 0 radical (unpaired) electrons. The topological polar surface area (TPSA) is 75.6 Å². The highest BCUT2D eigenvalue weighted by atomic mass is 79.9. The Labute approximate surface area is 207 Å². The zero-order valence-corrected chi connectivity index (χ0v) is 20.1. The van der Waals surface area contributed by atoms with Crippen molar-refractivity contribution in [3.8, 4) is 11.5 Å². The Balaban J connectivity index is 1.73. The maximum absolute atomic E-state index is 12.4. The highest BCUT2D eigenvalue weighted by Crippen LogP contribution is 2.32. The van der Waals surface area contributed by atoms with E-state index in [0.717, 1.165) is 4.47 Å². The van der Waals surface area contributed by atoms with Gasteiger partial charge < -0.3 is 15.2 Å². The summed E-state index contributed by atoms with van der Waals surface area (Å²) in [6.45, 7) is 0. The van der Waals surface area contributed by atoms with Gasteiger partial charge in [-0.05, 0) is 64.0 Å². The summed E-state index contributed by atoms with van der Waals surface area (Å²) < 4.78 is 6.60. The molecule has 1 amide bonds. The van der Waals surface area contributed by atoms with Crippen LogP contribution >= 0.6 is 50.7 Å². The van der Waals surface area contributed by atoms with Crippen LogP contribution in [0.3, 0.4) is 0 Å². The second-order valence-electron chi connectivity index (χ2n) is 6.51. The Morgan fingerprint density at radius 2 is 1.62 bits per heavy atom. The molecule has 0 spiro atoms. The van der Waals surface area contributed by atoms with Crippen molar-refractivity contribution in [2.24, 2.45) is 0 Å². The van der Waals surface area contributed by atoms with Crippen molar-refractivity contribution < 1.29 is 19.4 Å². The van der Waals surface area contributed by atoms with Crippen molar-refractivity contribution in [3.63, 3.8) is 0 Å². The van der Waals surface area contributed by atoms with E-state index < -0.39 is 11.9 Å². The number of carboxylic acids is 1. The molecule has 3 aromatic rings. The number of benzene rings is 3. The molecule has 0 aliphatic rings. The Morgan fingerprint density at radius 1 is 0.969 bits per heavy atom. The molecular formula is C23H15BrCl3NO4. The van der Waals surface area contributed by atoms with Crippen molar-refractivity contribution in [2.45, 2.75) is 6.42 Å². The van der Waals surface area contributed by atoms with Gasteiger partial charge >= 0.3 is 5.97 Å². The quantitative estimate of drug-likeness (QED) is 0.244. The highest BCUT2D eigenvalue weighted by Gasteiger charge is 2.17. The lowest BCUT2D eigenvalue weighted by Gasteiger charge is -2.10. The van der Waals surface area contributed by atoms with Gasteiger partial charge in [-0.3, -0.25) is 4.79 Å². The number of carbonyl (C=O) groups is 2. The molecule has 0 aliphatic carbocycles. The monoisotopic (exact) mass is 553 g/mol. The molecule has 0 atom stereocenters. The van der Waals surface area contributed by atoms with E-state index in [2.05, 4.69) is 21.2 Å². The van der Waals surface area contributed by atoms with Gasteiger partial charge in [0, 0.05) is 10.6 Å². The molecule has 32 heavy (non-hydrogen) atoms. The fraction of sp³-hybridized carbons (Fsp3) is 0.0435. The van der Waals surface area contributed by atoms with Gasteiger partial charge in [-0.2, -0.15) is 0 Å². The fourth-order valence-corrected chi connectivity index (χ4v) is 3.74. The van der Waals surface area contributed by atoms with Crippen LogP contribution in [-0.4, -0.2) is 17.0 Å². The number of nitrogens with one attached hydrogen (secondary N) is 1. The standard InChI is InChI=1S/C23H15BrCl3NO4/c24-16-3-1-2-4-20(16)32-14-7-5-13(6-8-14)11-19(23(30)31)28-21(29)12-15-17(25)9-10-18(26)22(15)27/h1-11H,12H2,(H,28,29)(H,30,31)/b19-11-. The third-order valence-electron chi connectivity index (χ3n) is 4.24. The first kappa shape index (κ1) is 24.1. The summed E-state index contributed by atoms with van der Waals surface area (Å²) in [5.41, 5.74) is 0.571. The minimum absolute atomic E-state index is 0.149. The van der Waals surface area contributed by atoms with E-state index in [-0.39, 0.29) is 27.2 Å². The second kappa shape index (κ2) is 10.9. The van der Waals surface area contributed by atoms with Gasteiger partial charge in [-0.25, -0.2) is 4.79 Å². The molecule has 164 valence electrons. The number of ether oxygens (including phenoxy) is 1. The van der Waals surface area contributed by atoms with Crippen molar-refractivity contribution in [2.75, 3.05) is 0 Å². The normalized spacial score (nSPS) is 11.2. The molecule has 0 aromatic heterocycles. The maximum Gasteiger partial charge on any atom is 0.352 e. The van der Waals surface area contributed by atoms with Crippen LogP contribution in [0.4, 0.5) is 0 Å². The van der Waals surface area contributed by atoms with Gasteiger partial charge in [-0.15, -0.1) is 0 Å². The average molecular weight is 556 g/mol. The first-order valence-electron chi connectivity index (χ1n) is 9.14. The van der Waals surface area contributed by atoms with E-state index in [1.165, 1.54) is 18.2 Å². The lowest BCUT2D eigenvalue weighted by atomic mass is 10.1. The Bertz CT molecular complexity index is 1200. The van der Waals surface area contributed by atoms with Crippen LogP contribution in [0, 0.1) is 0 Å². The minimum atomic E-state index is -1.30. The van der Waals surface area contributed by atoms with E-state index in [1.807, 2.05) is 24.3 Å². The Morgan fingerprint density at radius 3 is 2.28 bits per heavy atom. The molecular weight excluding hydrogens is 541 g/mol. The van der Waals surface area contributed by atoms with E-state index >= 15 is 0 Å². The van der Waals surface area contributed by atoms with E-state index in [0.29, 0.717) is 22.6 Å². The summed E-state index contributed by atoms with van der Waals surface area (Å²) in [6.07, 6.45) is 1.10. The number of aliphatic carboxylic acids is 1. The number of rotatable bonds is 7. The predicted octanol–water partition coefficient (Wildman–Crippen LogP) is 6.99. The summed E-state index contributed by atoms with van der Waals surface area (Å²) in [7, 11) is 0. The number of para-hydroxylation sites is 1. The highest BCUT2D eigenvalue weighted by molar-refractivity contribution is 9.10. The number of carbonyl (C=O) groups excluding carboxylic acids is 1. The smallest absolute Gasteiger partial charge is 0.352 e. The van der Waals surface area contributed by atoms with Gasteiger partial charge in [0.1, 0.15) is 17.2 Å². The molecule has 0 saturated heterocycles. The molecule has 0 unspecified atom stereocenters. The number of carboxylic acid groups (broad SMARTS) is 1. The van der Waals surface area contributed by atoms with Crippen LogP contribution in [0.1, 0.15) is 11.1 Å².